The molecule has 5 heteroatoms. The minimum absolute atomic E-state index is 0.127. The van der Waals surface area contributed by atoms with E-state index in [1.165, 1.54) is 7.11 Å². The second kappa shape index (κ2) is 12.3. The van der Waals surface area contributed by atoms with Crippen molar-refractivity contribution >= 4 is 11.8 Å². The Bertz CT molecular complexity index is 483. The van der Waals surface area contributed by atoms with Gasteiger partial charge in [0.1, 0.15) is 5.78 Å². The molecule has 0 amide bonds. The average molecular weight is 383 g/mol. The van der Waals surface area contributed by atoms with Gasteiger partial charge in [0.05, 0.1) is 18.8 Å². The molecule has 2 unspecified atom stereocenters. The predicted octanol–water partition coefficient (Wildman–Crippen LogP) is 3.95. The number of carbonyl (C=O) groups excluding carboxylic acids is 2. The van der Waals surface area contributed by atoms with Gasteiger partial charge in [-0.05, 0) is 32.6 Å². The Kier molecular flexibility index (Phi) is 10.9. The topological polar surface area (TPSA) is 83.8 Å². The summed E-state index contributed by atoms with van der Waals surface area (Å²) in [5, 5.41) is 20.6. The zero-order valence-electron chi connectivity index (χ0n) is 17.3. The van der Waals surface area contributed by atoms with Gasteiger partial charge in [0, 0.05) is 24.7 Å². The standard InChI is InChI=1S/C22H38O5/c1-4-5-14-22(2,26)15-10-12-18-17(19(23)16-20(18)24)11-8-6-7-9-13-21(25)27-3/h10,12,17-18,20,24,26H,4-9,11,13-16H2,1-3H3/b12-10+/t17-,18+,20?,22?/m0/s1. The summed E-state index contributed by atoms with van der Waals surface area (Å²) in [6.07, 6.45) is 11.7. The van der Waals surface area contributed by atoms with Crippen molar-refractivity contribution in [3.05, 3.63) is 12.2 Å². The molecule has 0 bridgehead atoms. The highest BCUT2D eigenvalue weighted by molar-refractivity contribution is 5.84. The number of ketones is 1. The molecule has 0 radical (unpaired) electrons. The third-order valence-corrected chi connectivity index (χ3v) is 5.59. The lowest BCUT2D eigenvalue weighted by atomic mass is 9.87. The number of rotatable bonds is 13. The second-order valence-electron chi connectivity index (χ2n) is 8.18. The molecule has 156 valence electrons. The zero-order chi connectivity index (χ0) is 20.3. The van der Waals surface area contributed by atoms with Crippen LogP contribution in [-0.4, -0.2) is 40.8 Å². The molecule has 0 aromatic heterocycles. The number of methoxy groups -OCH3 is 1. The van der Waals surface area contributed by atoms with Gasteiger partial charge in [-0.2, -0.15) is 0 Å². The molecule has 0 aromatic rings. The minimum atomic E-state index is -0.727. The second-order valence-corrected chi connectivity index (χ2v) is 8.18. The summed E-state index contributed by atoms with van der Waals surface area (Å²) in [7, 11) is 1.40. The first-order valence-corrected chi connectivity index (χ1v) is 10.5. The molecule has 0 aromatic carbocycles. The minimum Gasteiger partial charge on any atom is -0.469 e. The zero-order valence-corrected chi connectivity index (χ0v) is 17.3. The number of carbonyl (C=O) groups is 2. The van der Waals surface area contributed by atoms with Crippen LogP contribution in [0.4, 0.5) is 0 Å². The first kappa shape index (κ1) is 23.8. The van der Waals surface area contributed by atoms with Crippen LogP contribution in [0.3, 0.4) is 0 Å². The van der Waals surface area contributed by atoms with Gasteiger partial charge >= 0.3 is 5.97 Å². The van der Waals surface area contributed by atoms with Crippen LogP contribution in [0.15, 0.2) is 12.2 Å². The summed E-state index contributed by atoms with van der Waals surface area (Å²) in [5.74, 6) is -0.305. The number of ether oxygens (including phenoxy) is 1. The van der Waals surface area contributed by atoms with Crippen LogP contribution in [0.25, 0.3) is 0 Å². The maximum absolute atomic E-state index is 12.2. The van der Waals surface area contributed by atoms with E-state index >= 15 is 0 Å². The summed E-state index contributed by atoms with van der Waals surface area (Å²) in [6, 6.07) is 0. The first-order valence-electron chi connectivity index (χ1n) is 10.5. The highest BCUT2D eigenvalue weighted by atomic mass is 16.5. The van der Waals surface area contributed by atoms with E-state index in [0.717, 1.165) is 51.4 Å². The van der Waals surface area contributed by atoms with Crippen LogP contribution < -0.4 is 0 Å². The van der Waals surface area contributed by atoms with Crippen molar-refractivity contribution in [3.63, 3.8) is 0 Å². The van der Waals surface area contributed by atoms with Crippen LogP contribution in [0.1, 0.15) is 84.5 Å². The van der Waals surface area contributed by atoms with Crippen molar-refractivity contribution in [1.82, 2.24) is 0 Å². The quantitative estimate of drug-likeness (QED) is 0.286. The fourth-order valence-corrected chi connectivity index (χ4v) is 3.82. The Morgan fingerprint density at radius 2 is 1.96 bits per heavy atom. The Morgan fingerprint density at radius 3 is 2.63 bits per heavy atom. The summed E-state index contributed by atoms with van der Waals surface area (Å²) in [6.45, 7) is 3.95. The van der Waals surface area contributed by atoms with E-state index in [9.17, 15) is 19.8 Å². The fourth-order valence-electron chi connectivity index (χ4n) is 3.82. The molecule has 1 aliphatic rings. The molecule has 0 aliphatic heterocycles. The first-order chi connectivity index (χ1) is 12.8. The van der Waals surface area contributed by atoms with Gasteiger partial charge in [-0.25, -0.2) is 0 Å². The smallest absolute Gasteiger partial charge is 0.305 e. The number of hydrogen-bond donors (Lipinski definition) is 2. The fraction of sp³-hybridized carbons (Fsp3) is 0.818. The maximum Gasteiger partial charge on any atom is 0.305 e. The predicted molar refractivity (Wildman–Crippen MR) is 106 cm³/mol. The summed E-state index contributed by atoms with van der Waals surface area (Å²) in [4.78, 5) is 23.3. The molecule has 2 N–H and O–H groups in total. The number of hydrogen-bond acceptors (Lipinski definition) is 5. The molecular weight excluding hydrogens is 344 g/mol. The van der Waals surface area contributed by atoms with Gasteiger partial charge in [0.25, 0.3) is 0 Å². The molecule has 0 saturated heterocycles. The highest BCUT2D eigenvalue weighted by Crippen LogP contribution is 2.34. The van der Waals surface area contributed by atoms with E-state index in [4.69, 9.17) is 0 Å². The molecule has 27 heavy (non-hydrogen) atoms. The monoisotopic (exact) mass is 382 g/mol. The molecule has 1 rings (SSSR count). The van der Waals surface area contributed by atoms with Crippen molar-refractivity contribution in [2.24, 2.45) is 11.8 Å². The molecule has 1 saturated carbocycles. The number of unbranched alkanes of at least 4 members (excludes halogenated alkanes) is 4. The van der Waals surface area contributed by atoms with E-state index in [0.29, 0.717) is 12.8 Å². The van der Waals surface area contributed by atoms with Crippen LogP contribution in [0.2, 0.25) is 0 Å². The molecule has 5 nitrogen and oxygen atoms in total. The summed E-state index contributed by atoms with van der Waals surface area (Å²) in [5.41, 5.74) is -0.727. The Hall–Kier alpha value is -1.20. The third-order valence-electron chi connectivity index (χ3n) is 5.59. The molecular formula is C22H38O5. The molecule has 0 heterocycles. The lowest BCUT2D eigenvalue weighted by Crippen LogP contribution is -2.23. The van der Waals surface area contributed by atoms with Gasteiger partial charge in [0.15, 0.2) is 0 Å². The SMILES string of the molecule is CCCCC(C)(O)C/C=C/[C@H]1C(O)CC(=O)[C@H]1CCCCCCC(=O)OC. The Morgan fingerprint density at radius 1 is 1.26 bits per heavy atom. The number of aliphatic hydroxyl groups is 2. The van der Waals surface area contributed by atoms with Crippen molar-refractivity contribution in [3.8, 4) is 0 Å². The van der Waals surface area contributed by atoms with Gasteiger partial charge in [0.2, 0.25) is 0 Å². The maximum atomic E-state index is 12.2. The van der Waals surface area contributed by atoms with Gasteiger partial charge in [-0.15, -0.1) is 0 Å². The Labute approximate surface area is 164 Å². The largest absolute Gasteiger partial charge is 0.469 e. The lowest BCUT2D eigenvalue weighted by Gasteiger charge is -2.22. The third kappa shape index (κ3) is 9.02. The van der Waals surface area contributed by atoms with Crippen molar-refractivity contribution in [2.45, 2.75) is 96.2 Å². The molecule has 1 aliphatic carbocycles. The van der Waals surface area contributed by atoms with Crippen molar-refractivity contribution in [1.29, 1.82) is 0 Å². The van der Waals surface area contributed by atoms with Crippen molar-refractivity contribution in [2.75, 3.05) is 7.11 Å². The average Bonchev–Trinajstić information content (AvgIpc) is 2.89. The van der Waals surface area contributed by atoms with E-state index in [-0.39, 0.29) is 30.0 Å². The van der Waals surface area contributed by atoms with E-state index < -0.39 is 11.7 Å². The van der Waals surface area contributed by atoms with Crippen molar-refractivity contribution < 1.29 is 24.5 Å². The number of aliphatic hydroxyl groups excluding tert-OH is 1. The number of Topliss-reactive ketones (excluding diaryl/α,β-unsaturated/α-hetero) is 1. The number of esters is 1. The van der Waals surface area contributed by atoms with Crippen LogP contribution in [0, 0.1) is 11.8 Å². The van der Waals surface area contributed by atoms with Gasteiger partial charge in [-0.3, -0.25) is 9.59 Å². The molecule has 4 atom stereocenters. The van der Waals surface area contributed by atoms with E-state index in [1.807, 2.05) is 19.1 Å². The Balaban J connectivity index is 2.42. The summed E-state index contributed by atoms with van der Waals surface area (Å²) >= 11 is 0. The van der Waals surface area contributed by atoms with E-state index in [1.54, 1.807) is 0 Å². The highest BCUT2D eigenvalue weighted by Gasteiger charge is 2.39. The van der Waals surface area contributed by atoms with Gasteiger partial charge in [-0.1, -0.05) is 51.2 Å². The normalized spacial score (nSPS) is 25.1. The van der Waals surface area contributed by atoms with Crippen LogP contribution in [0.5, 0.6) is 0 Å². The van der Waals surface area contributed by atoms with Crippen LogP contribution >= 0.6 is 0 Å². The summed E-state index contributed by atoms with van der Waals surface area (Å²) < 4.78 is 4.62. The lowest BCUT2D eigenvalue weighted by molar-refractivity contribution is -0.140. The van der Waals surface area contributed by atoms with Gasteiger partial charge < -0.3 is 14.9 Å². The molecule has 0 spiro atoms. The van der Waals surface area contributed by atoms with E-state index in [2.05, 4.69) is 11.7 Å². The van der Waals surface area contributed by atoms with Crippen LogP contribution in [-0.2, 0) is 14.3 Å². The molecule has 1 fully saturated rings.